The zero-order chi connectivity index (χ0) is 72.4. The van der Waals surface area contributed by atoms with Gasteiger partial charge in [0.05, 0.1) is 44.1 Å². The van der Waals surface area contributed by atoms with Crippen molar-refractivity contribution in [3.63, 3.8) is 0 Å². The molecule has 0 aliphatic rings. The minimum absolute atomic E-state index is 0.0478. The summed E-state index contributed by atoms with van der Waals surface area (Å²) in [5.41, 5.74) is 24.5. The summed E-state index contributed by atoms with van der Waals surface area (Å²) in [4.78, 5) is 7.19. The molecule has 0 unspecified atom stereocenters. The maximum Gasteiger partial charge on any atom is 0.0562 e. The first-order chi connectivity index (χ1) is 53.8. The lowest BCUT2D eigenvalue weighted by atomic mass is 9.87. The molecular weight excluding hydrogens is 1320 g/mol. The molecular formula is C102H73N7. The summed E-state index contributed by atoms with van der Waals surface area (Å²) in [6, 6.07) is 143. The van der Waals surface area contributed by atoms with Crippen molar-refractivity contribution < 1.29 is 0 Å². The van der Waals surface area contributed by atoms with Gasteiger partial charge in [0.1, 0.15) is 0 Å². The van der Waals surface area contributed by atoms with E-state index in [1.165, 1.54) is 70.2 Å². The van der Waals surface area contributed by atoms with Crippen molar-refractivity contribution in [1.29, 1.82) is 0 Å². The van der Waals surface area contributed by atoms with E-state index < -0.39 is 0 Å². The Kier molecular flexibility index (Phi) is 14.7. The first kappa shape index (κ1) is 63.3. The largest absolute Gasteiger partial charge is 0.310 e. The number of para-hydroxylation sites is 8. The lowest BCUT2D eigenvalue weighted by molar-refractivity contribution is 0.590. The van der Waals surface area contributed by atoms with Crippen molar-refractivity contribution in [3.8, 4) is 22.7 Å². The Morgan fingerprint density at radius 1 is 0.174 bits per heavy atom. The molecule has 17 aromatic carbocycles. The maximum absolute atomic E-state index is 2.48. The minimum atomic E-state index is -0.0478. The van der Waals surface area contributed by atoms with Crippen LogP contribution in [0, 0.1) is 0 Å². The minimum Gasteiger partial charge on any atom is -0.310 e. The molecule has 0 bridgehead atoms. The molecule has 0 amide bonds. The van der Waals surface area contributed by atoms with Gasteiger partial charge in [0.15, 0.2) is 0 Å². The summed E-state index contributed by atoms with van der Waals surface area (Å²) in [7, 11) is 0. The summed E-state index contributed by atoms with van der Waals surface area (Å²) in [5.74, 6) is 0. The Hall–Kier alpha value is -14.1. The van der Waals surface area contributed by atoms with Gasteiger partial charge in [0.2, 0.25) is 0 Å². The van der Waals surface area contributed by atoms with Crippen molar-refractivity contribution in [2.24, 2.45) is 0 Å². The van der Waals surface area contributed by atoms with E-state index in [1.807, 2.05) is 0 Å². The molecule has 516 valence electrons. The molecule has 7 heteroatoms. The van der Waals surface area contributed by atoms with Gasteiger partial charge in [-0.2, -0.15) is 0 Å². The van der Waals surface area contributed by atoms with Gasteiger partial charge in [-0.05, 0) is 215 Å². The molecule has 7 nitrogen and oxygen atoms in total. The molecule has 109 heavy (non-hydrogen) atoms. The molecule has 0 radical (unpaired) electrons. The monoisotopic (exact) mass is 1400 g/mol. The number of hydrogen-bond acceptors (Lipinski definition) is 3. The highest BCUT2D eigenvalue weighted by atomic mass is 15.2. The number of nitrogens with zero attached hydrogens (tertiary/aromatic N) is 7. The first-order valence-electron chi connectivity index (χ1n) is 37.6. The number of rotatable bonds is 13. The van der Waals surface area contributed by atoms with E-state index in [-0.39, 0.29) is 5.41 Å². The maximum atomic E-state index is 2.48. The van der Waals surface area contributed by atoms with E-state index >= 15 is 0 Å². The zero-order valence-electron chi connectivity index (χ0n) is 60.6. The van der Waals surface area contributed by atoms with Crippen molar-refractivity contribution in [3.05, 3.63) is 394 Å². The third-order valence-corrected chi connectivity index (χ3v) is 22.4. The standard InChI is InChI=1S/C102H73N7/c1-102(2,3)68-44-46-77(47-45-68)105(80-50-54-88-96(66-80)108(75-40-24-10-25-41-75)92-62-58-82-84(100(88)92)56-60-90-98(82)86-52-48-78(64-94(86)106(90)73-36-20-8-21-37-73)103(69-28-12-4-13-29-69)70-30-14-5-15-31-70)81-51-55-89-97(67-81)109(76-42-26-11-27-43-76)93-63-59-83-85(101(89)93)57-61-91-99(83)87-53-49-79(65-95(87)107(91)74-38-22-9-23-39-74)104(71-32-16-6-17-33-71)72-34-18-7-19-35-72/h4-67H,1-3H3. The van der Waals surface area contributed by atoms with Gasteiger partial charge in [-0.15, -0.1) is 0 Å². The smallest absolute Gasteiger partial charge is 0.0562 e. The van der Waals surface area contributed by atoms with Crippen LogP contribution in [-0.4, -0.2) is 18.3 Å². The second kappa shape index (κ2) is 25.3. The van der Waals surface area contributed by atoms with Gasteiger partial charge >= 0.3 is 0 Å². The molecule has 0 atom stereocenters. The number of anilines is 9. The Morgan fingerprint density at radius 2 is 0.367 bits per heavy atom. The molecule has 0 spiro atoms. The highest BCUT2D eigenvalue weighted by molar-refractivity contribution is 6.32. The molecule has 21 rings (SSSR count). The SMILES string of the molecule is CC(C)(C)c1ccc(N(c2ccc3c4c5ccc6c(c5ccc4n(-c4ccccc4)c3c2)c2ccc(N(c3ccccc3)c3ccccc3)cc2n6-c2ccccc2)c2ccc3c4c5ccc6c(c5ccc4n(-c4ccccc4)c3c2)c2ccc(N(c3ccccc3)c3ccccc3)cc2n6-c2ccccc2)cc1. The summed E-state index contributed by atoms with van der Waals surface area (Å²) in [6.07, 6.45) is 0. The fourth-order valence-electron chi connectivity index (χ4n) is 17.6. The van der Waals surface area contributed by atoms with E-state index in [1.54, 1.807) is 0 Å². The Bertz CT molecular complexity index is 6600. The topological polar surface area (TPSA) is 29.4 Å². The van der Waals surface area contributed by atoms with Crippen LogP contribution in [0.4, 0.5) is 51.2 Å². The van der Waals surface area contributed by atoms with Gasteiger partial charge in [-0.25, -0.2) is 0 Å². The Morgan fingerprint density at radius 3 is 0.596 bits per heavy atom. The quantitative estimate of drug-likeness (QED) is 0.115. The predicted octanol–water partition coefficient (Wildman–Crippen LogP) is 28.1. The van der Waals surface area contributed by atoms with E-state index in [0.717, 1.165) is 118 Å². The fraction of sp³-hybridized carbons (Fsp3) is 0.0392. The second-order valence-electron chi connectivity index (χ2n) is 29.7. The van der Waals surface area contributed by atoms with Crippen molar-refractivity contribution >= 4 is 160 Å². The molecule has 21 aromatic rings. The zero-order valence-corrected chi connectivity index (χ0v) is 60.6. The third-order valence-electron chi connectivity index (χ3n) is 22.4. The number of fused-ring (bicyclic) bond motifs is 18. The lowest BCUT2D eigenvalue weighted by Crippen LogP contribution is -2.13. The molecule has 0 N–H and O–H groups in total. The molecule has 0 saturated carbocycles. The van der Waals surface area contributed by atoms with E-state index in [2.05, 4.69) is 442 Å². The molecule has 0 aliphatic heterocycles. The predicted molar refractivity (Wildman–Crippen MR) is 462 cm³/mol. The van der Waals surface area contributed by atoms with Crippen LogP contribution in [0.1, 0.15) is 26.3 Å². The second-order valence-corrected chi connectivity index (χ2v) is 29.7. The molecule has 0 aliphatic carbocycles. The van der Waals surface area contributed by atoms with E-state index in [9.17, 15) is 0 Å². The normalized spacial score (nSPS) is 12.0. The molecule has 0 saturated heterocycles. The molecule has 4 heterocycles. The van der Waals surface area contributed by atoms with Gasteiger partial charge in [0, 0.05) is 117 Å². The van der Waals surface area contributed by atoms with Crippen LogP contribution in [0.5, 0.6) is 0 Å². The van der Waals surface area contributed by atoms with Crippen molar-refractivity contribution in [2.45, 2.75) is 26.2 Å². The van der Waals surface area contributed by atoms with Gasteiger partial charge in [0.25, 0.3) is 0 Å². The lowest BCUT2D eigenvalue weighted by Gasteiger charge is -2.27. The van der Waals surface area contributed by atoms with Gasteiger partial charge in [-0.3, -0.25) is 0 Å². The van der Waals surface area contributed by atoms with Crippen LogP contribution in [0.25, 0.3) is 132 Å². The summed E-state index contributed by atoms with van der Waals surface area (Å²) >= 11 is 0. The van der Waals surface area contributed by atoms with Crippen LogP contribution in [0.3, 0.4) is 0 Å². The van der Waals surface area contributed by atoms with E-state index in [0.29, 0.717) is 0 Å². The van der Waals surface area contributed by atoms with Crippen molar-refractivity contribution in [1.82, 2.24) is 18.3 Å². The van der Waals surface area contributed by atoms with Crippen LogP contribution in [0.2, 0.25) is 0 Å². The van der Waals surface area contributed by atoms with Gasteiger partial charge in [-0.1, -0.05) is 227 Å². The summed E-state index contributed by atoms with van der Waals surface area (Å²) < 4.78 is 9.88. The summed E-state index contributed by atoms with van der Waals surface area (Å²) in [5, 5.41) is 14.5. The third kappa shape index (κ3) is 10.3. The average molecular weight is 1400 g/mol. The molecule has 0 fully saturated rings. The summed E-state index contributed by atoms with van der Waals surface area (Å²) in [6.45, 7) is 6.89. The Balaban J connectivity index is 0.771. The van der Waals surface area contributed by atoms with Crippen LogP contribution < -0.4 is 14.7 Å². The highest BCUT2D eigenvalue weighted by Gasteiger charge is 2.27. The fourth-order valence-corrected chi connectivity index (χ4v) is 17.6. The van der Waals surface area contributed by atoms with Crippen molar-refractivity contribution in [2.75, 3.05) is 14.7 Å². The Labute approximate surface area is 631 Å². The van der Waals surface area contributed by atoms with Crippen LogP contribution >= 0.6 is 0 Å². The van der Waals surface area contributed by atoms with Crippen LogP contribution in [0.15, 0.2) is 388 Å². The number of benzene rings is 17. The number of hydrogen-bond donors (Lipinski definition) is 0. The average Bonchev–Trinajstić information content (AvgIpc) is 1.55. The van der Waals surface area contributed by atoms with Gasteiger partial charge < -0.3 is 33.0 Å². The van der Waals surface area contributed by atoms with E-state index in [4.69, 9.17) is 0 Å². The number of aromatic nitrogens is 4. The first-order valence-corrected chi connectivity index (χ1v) is 37.6. The molecule has 4 aromatic heterocycles. The van der Waals surface area contributed by atoms with Crippen LogP contribution in [-0.2, 0) is 5.41 Å². The highest BCUT2D eigenvalue weighted by Crippen LogP contribution is 2.50.